The van der Waals surface area contributed by atoms with Crippen molar-refractivity contribution >= 4 is 28.1 Å². The molecule has 1 rings (SSSR count). The molecule has 4 nitrogen and oxygen atoms in total. The van der Waals surface area contributed by atoms with Crippen molar-refractivity contribution in [3.05, 3.63) is 5.01 Å². The minimum atomic E-state index is -0.0331. The van der Waals surface area contributed by atoms with Gasteiger partial charge in [0.1, 0.15) is 5.01 Å². The van der Waals surface area contributed by atoms with E-state index in [0.717, 1.165) is 10.1 Å². The lowest BCUT2D eigenvalue weighted by molar-refractivity contribution is 0.200. The van der Waals surface area contributed by atoms with Gasteiger partial charge in [0.25, 0.3) is 0 Å². The third kappa shape index (κ3) is 3.89. The van der Waals surface area contributed by atoms with Gasteiger partial charge in [0.15, 0.2) is 0 Å². The van der Waals surface area contributed by atoms with Crippen molar-refractivity contribution in [2.45, 2.75) is 12.3 Å². The average Bonchev–Trinajstić information content (AvgIpc) is 2.49. The summed E-state index contributed by atoms with van der Waals surface area (Å²) in [5.74, 6) is 0. The van der Waals surface area contributed by atoms with Crippen LogP contribution in [0.1, 0.15) is 5.01 Å². The van der Waals surface area contributed by atoms with Crippen LogP contribution in [0.2, 0.25) is 0 Å². The first-order chi connectivity index (χ1) is 6.22. The number of nitrogens with zero attached hydrogens (tertiary/aromatic N) is 2. The minimum Gasteiger partial charge on any atom is -0.383 e. The fourth-order valence-electron chi connectivity index (χ4n) is 0.806. The first-order valence-corrected chi connectivity index (χ1v) is 5.14. The summed E-state index contributed by atoms with van der Waals surface area (Å²) in [5, 5.41) is 12.6. The zero-order valence-electron chi connectivity index (χ0n) is 7.58. The van der Waals surface area contributed by atoms with Crippen molar-refractivity contribution in [3.63, 3.8) is 0 Å². The smallest absolute Gasteiger partial charge is 0.205 e. The first-order valence-electron chi connectivity index (χ1n) is 3.89. The Morgan fingerprint density at radius 3 is 2.92 bits per heavy atom. The van der Waals surface area contributed by atoms with Crippen LogP contribution in [0.25, 0.3) is 0 Å². The summed E-state index contributed by atoms with van der Waals surface area (Å²) in [5.41, 5.74) is 0. The van der Waals surface area contributed by atoms with Gasteiger partial charge in [-0.3, -0.25) is 0 Å². The van der Waals surface area contributed by atoms with Crippen molar-refractivity contribution in [2.75, 3.05) is 25.6 Å². The predicted octanol–water partition coefficient (Wildman–Crippen LogP) is 1.51. The predicted molar refractivity (Wildman–Crippen MR) is 54.7 cm³/mol. The van der Waals surface area contributed by atoms with E-state index in [1.165, 1.54) is 11.3 Å². The Kier molecular flexibility index (Phi) is 4.41. The lowest BCUT2D eigenvalue weighted by Crippen LogP contribution is -2.18. The molecule has 0 aromatic carbocycles. The maximum atomic E-state index is 5.91. The van der Waals surface area contributed by atoms with Crippen molar-refractivity contribution < 1.29 is 4.74 Å². The Balaban J connectivity index is 2.26. The van der Waals surface area contributed by atoms with Gasteiger partial charge in [0, 0.05) is 13.7 Å². The van der Waals surface area contributed by atoms with Crippen LogP contribution in [0.5, 0.6) is 0 Å². The molecule has 0 spiro atoms. The molecule has 6 heteroatoms. The standard InChI is InChI=1S/C7H12ClN3OS/c1-5-10-11-7(13-5)9-3-6(8)4-12-2/h6H,3-4H2,1-2H3,(H,9,11). The average molecular weight is 222 g/mol. The number of hydrogen-bond acceptors (Lipinski definition) is 5. The van der Waals surface area contributed by atoms with E-state index in [0.29, 0.717) is 13.2 Å². The second-order valence-electron chi connectivity index (χ2n) is 2.56. The van der Waals surface area contributed by atoms with E-state index < -0.39 is 0 Å². The summed E-state index contributed by atoms with van der Waals surface area (Å²) >= 11 is 7.42. The summed E-state index contributed by atoms with van der Waals surface area (Å²) in [6.45, 7) is 3.09. The number of rotatable bonds is 5. The molecule has 0 saturated heterocycles. The van der Waals surface area contributed by atoms with Gasteiger partial charge in [-0.15, -0.1) is 21.8 Å². The van der Waals surface area contributed by atoms with Crippen LogP contribution in [0.15, 0.2) is 0 Å². The fourth-order valence-corrected chi connectivity index (χ4v) is 1.61. The summed E-state index contributed by atoms with van der Waals surface area (Å²) < 4.78 is 4.89. The Morgan fingerprint density at radius 1 is 1.62 bits per heavy atom. The number of aryl methyl sites for hydroxylation is 1. The van der Waals surface area contributed by atoms with E-state index in [4.69, 9.17) is 16.3 Å². The molecule has 0 aliphatic carbocycles. The summed E-state index contributed by atoms with van der Waals surface area (Å²) in [7, 11) is 1.63. The Hall–Kier alpha value is -0.390. The molecule has 1 N–H and O–H groups in total. The maximum Gasteiger partial charge on any atom is 0.205 e. The number of ether oxygens (including phenoxy) is 1. The van der Waals surface area contributed by atoms with Crippen molar-refractivity contribution in [3.8, 4) is 0 Å². The number of nitrogens with one attached hydrogen (secondary N) is 1. The molecule has 0 radical (unpaired) electrons. The highest BCUT2D eigenvalue weighted by Gasteiger charge is 2.05. The molecule has 13 heavy (non-hydrogen) atoms. The van der Waals surface area contributed by atoms with Crippen LogP contribution < -0.4 is 5.32 Å². The third-order valence-electron chi connectivity index (χ3n) is 1.35. The third-order valence-corrected chi connectivity index (χ3v) is 2.43. The Bertz CT molecular complexity index is 256. The second kappa shape index (κ2) is 5.36. The number of aromatic nitrogens is 2. The molecule has 0 amide bonds. The molecule has 0 aliphatic heterocycles. The van der Waals surface area contributed by atoms with E-state index in [1.54, 1.807) is 7.11 Å². The highest BCUT2D eigenvalue weighted by atomic mass is 35.5. The highest BCUT2D eigenvalue weighted by Crippen LogP contribution is 2.13. The number of methoxy groups -OCH3 is 1. The van der Waals surface area contributed by atoms with E-state index in [2.05, 4.69) is 15.5 Å². The van der Waals surface area contributed by atoms with Crippen LogP contribution in [-0.4, -0.2) is 35.8 Å². The number of alkyl halides is 1. The molecular formula is C7H12ClN3OS. The van der Waals surface area contributed by atoms with E-state index in [9.17, 15) is 0 Å². The van der Waals surface area contributed by atoms with Crippen LogP contribution in [0, 0.1) is 6.92 Å². The first kappa shape index (κ1) is 10.7. The molecule has 0 fully saturated rings. The topological polar surface area (TPSA) is 47.0 Å². The van der Waals surface area contributed by atoms with Crippen LogP contribution >= 0.6 is 22.9 Å². The van der Waals surface area contributed by atoms with E-state index in [-0.39, 0.29) is 5.38 Å². The largest absolute Gasteiger partial charge is 0.383 e. The molecular weight excluding hydrogens is 210 g/mol. The monoisotopic (exact) mass is 221 g/mol. The highest BCUT2D eigenvalue weighted by molar-refractivity contribution is 7.15. The van der Waals surface area contributed by atoms with E-state index >= 15 is 0 Å². The molecule has 1 unspecified atom stereocenters. The maximum absolute atomic E-state index is 5.91. The van der Waals surface area contributed by atoms with Gasteiger partial charge >= 0.3 is 0 Å². The molecule has 74 valence electrons. The van der Waals surface area contributed by atoms with Crippen LogP contribution in [0.4, 0.5) is 5.13 Å². The van der Waals surface area contributed by atoms with Gasteiger partial charge < -0.3 is 10.1 Å². The van der Waals surface area contributed by atoms with Crippen LogP contribution in [-0.2, 0) is 4.74 Å². The van der Waals surface area contributed by atoms with Gasteiger partial charge in [-0.05, 0) is 6.92 Å². The Morgan fingerprint density at radius 2 is 2.38 bits per heavy atom. The summed E-state index contributed by atoms with van der Waals surface area (Å²) in [4.78, 5) is 0. The molecule has 1 atom stereocenters. The van der Waals surface area contributed by atoms with Gasteiger partial charge in [0.2, 0.25) is 5.13 Å². The summed E-state index contributed by atoms with van der Waals surface area (Å²) in [6.07, 6.45) is 0. The number of hydrogen-bond donors (Lipinski definition) is 1. The van der Waals surface area contributed by atoms with Crippen molar-refractivity contribution in [2.24, 2.45) is 0 Å². The van der Waals surface area contributed by atoms with E-state index in [1.807, 2.05) is 6.92 Å². The van der Waals surface area contributed by atoms with Gasteiger partial charge in [-0.25, -0.2) is 0 Å². The quantitative estimate of drug-likeness (QED) is 0.766. The summed E-state index contributed by atoms with van der Waals surface area (Å²) in [6, 6.07) is 0. The SMILES string of the molecule is COCC(Cl)CNc1nnc(C)s1. The Labute approximate surface area is 86.3 Å². The van der Waals surface area contributed by atoms with Gasteiger partial charge in [0.05, 0.1) is 12.0 Å². The molecule has 0 saturated carbocycles. The lowest BCUT2D eigenvalue weighted by atomic mass is 10.4. The number of anilines is 1. The van der Waals surface area contributed by atoms with Crippen molar-refractivity contribution in [1.29, 1.82) is 0 Å². The van der Waals surface area contributed by atoms with Crippen molar-refractivity contribution in [1.82, 2.24) is 10.2 Å². The molecule has 0 aliphatic rings. The molecule has 1 aromatic heterocycles. The zero-order chi connectivity index (χ0) is 9.68. The molecule has 1 aromatic rings. The normalized spacial score (nSPS) is 12.8. The molecule has 0 bridgehead atoms. The molecule has 1 heterocycles. The minimum absolute atomic E-state index is 0.0331. The lowest BCUT2D eigenvalue weighted by Gasteiger charge is -2.07. The second-order valence-corrected chi connectivity index (χ2v) is 4.36. The van der Waals surface area contributed by atoms with Gasteiger partial charge in [-0.2, -0.15) is 0 Å². The van der Waals surface area contributed by atoms with Gasteiger partial charge in [-0.1, -0.05) is 11.3 Å². The fraction of sp³-hybridized carbons (Fsp3) is 0.714. The number of halogens is 1. The zero-order valence-corrected chi connectivity index (χ0v) is 9.15. The van der Waals surface area contributed by atoms with Crippen LogP contribution in [0.3, 0.4) is 0 Å².